The molecule has 0 amide bonds. The van der Waals surface area contributed by atoms with E-state index in [2.05, 4.69) is 5.16 Å². The molecule has 0 spiro atoms. The lowest BCUT2D eigenvalue weighted by Gasteiger charge is -2.25. The lowest BCUT2D eigenvalue weighted by Crippen LogP contribution is -2.00. The smallest absolute Gasteiger partial charge is 0.140 e. The van der Waals surface area contributed by atoms with Crippen molar-refractivity contribution >= 4 is 16.7 Å². The second-order valence-electron chi connectivity index (χ2n) is 4.66. The molecule has 0 fully saturated rings. The predicted octanol–water partition coefficient (Wildman–Crippen LogP) is 3.96. The summed E-state index contributed by atoms with van der Waals surface area (Å²) >= 11 is 0. The molecule has 0 saturated carbocycles. The minimum absolute atomic E-state index is 0.338. The van der Waals surface area contributed by atoms with Crippen molar-refractivity contribution in [2.45, 2.75) is 25.3 Å². The zero-order valence-corrected chi connectivity index (χ0v) is 12.0. The van der Waals surface area contributed by atoms with Crippen molar-refractivity contribution in [1.82, 2.24) is 5.16 Å². The van der Waals surface area contributed by atoms with E-state index in [1.807, 2.05) is 19.9 Å². The molecule has 0 radical (unpaired) electrons. The van der Waals surface area contributed by atoms with Gasteiger partial charge in [0.25, 0.3) is 0 Å². The number of hydrogen-bond acceptors (Lipinski definition) is 5. The van der Waals surface area contributed by atoms with E-state index in [1.54, 1.807) is 18.2 Å². The molecule has 2 heterocycles. The van der Waals surface area contributed by atoms with Crippen LogP contribution in [0.1, 0.15) is 22.6 Å². The third kappa shape index (κ3) is 2.11. The zero-order valence-electron chi connectivity index (χ0n) is 11.2. The van der Waals surface area contributed by atoms with Gasteiger partial charge >= 0.3 is 0 Å². The van der Waals surface area contributed by atoms with Gasteiger partial charge < -0.3 is 9.26 Å². The van der Waals surface area contributed by atoms with Crippen LogP contribution in [0.3, 0.4) is 0 Å². The lowest BCUT2D eigenvalue weighted by molar-refractivity contribution is 0.300. The average molecular weight is 293 g/mol. The van der Waals surface area contributed by atoms with Gasteiger partial charge in [-0.25, -0.2) is 0 Å². The molecule has 0 unspecified atom stereocenters. The topological polar surface area (TPSA) is 75.7 Å². The molecule has 1 aromatic carbocycles. The summed E-state index contributed by atoms with van der Waals surface area (Å²) in [4.78, 5) is 0.508. The maximum Gasteiger partial charge on any atom is 0.140 e. The molecule has 6 heteroatoms. The molecule has 0 saturated heterocycles. The number of aryl methyl sites for hydroxylation is 2. The fourth-order valence-electron chi connectivity index (χ4n) is 2.17. The zero-order chi connectivity index (χ0) is 14.3. The number of rotatable bonds is 3. The van der Waals surface area contributed by atoms with Crippen LogP contribution in [0, 0.1) is 13.8 Å². The van der Waals surface area contributed by atoms with Gasteiger partial charge in [0.2, 0.25) is 0 Å². The van der Waals surface area contributed by atoms with Gasteiger partial charge in [-0.2, -0.15) is 0 Å². The summed E-state index contributed by atoms with van der Waals surface area (Å²) in [5.74, 6) is 1.35. The summed E-state index contributed by atoms with van der Waals surface area (Å²) in [6, 6.07) is 5.26. The summed E-state index contributed by atoms with van der Waals surface area (Å²) in [6.45, 7) is 4.04. The molecule has 1 aliphatic rings. The largest absolute Gasteiger partial charge is 0.488 e. The molecule has 5 nitrogen and oxygen atoms in total. The van der Waals surface area contributed by atoms with E-state index in [4.69, 9.17) is 9.26 Å². The van der Waals surface area contributed by atoms with Gasteiger partial charge in [-0.05, 0) is 32.1 Å². The molecule has 0 aliphatic carbocycles. The van der Waals surface area contributed by atoms with Crippen LogP contribution in [-0.2, 0) is 6.61 Å². The SMILES string of the molecule is Cc1noc(C)c1COc1cccc2c1C=CS2(O)O. The van der Waals surface area contributed by atoms with Crippen molar-refractivity contribution in [2.24, 2.45) is 0 Å². The van der Waals surface area contributed by atoms with Crippen molar-refractivity contribution in [3.63, 3.8) is 0 Å². The van der Waals surface area contributed by atoms with Gasteiger partial charge in [-0.15, -0.1) is 10.6 Å². The Kier molecular flexibility index (Phi) is 3.08. The van der Waals surface area contributed by atoms with E-state index in [-0.39, 0.29) is 0 Å². The lowest BCUT2D eigenvalue weighted by atomic mass is 10.2. The van der Waals surface area contributed by atoms with Crippen LogP contribution in [0.15, 0.2) is 33.0 Å². The van der Waals surface area contributed by atoms with Crippen LogP contribution in [0.5, 0.6) is 5.75 Å². The van der Waals surface area contributed by atoms with Crippen LogP contribution in [0.25, 0.3) is 6.08 Å². The Morgan fingerprint density at radius 3 is 2.80 bits per heavy atom. The molecule has 20 heavy (non-hydrogen) atoms. The Morgan fingerprint density at radius 2 is 2.10 bits per heavy atom. The van der Waals surface area contributed by atoms with Crippen molar-refractivity contribution < 1.29 is 18.4 Å². The van der Waals surface area contributed by atoms with Crippen LogP contribution in [0.4, 0.5) is 0 Å². The summed E-state index contributed by atoms with van der Waals surface area (Å²) < 4.78 is 30.6. The number of aromatic nitrogens is 1. The molecule has 0 bridgehead atoms. The first-order valence-corrected chi connectivity index (χ1v) is 7.74. The van der Waals surface area contributed by atoms with Crippen LogP contribution < -0.4 is 4.74 Å². The van der Waals surface area contributed by atoms with E-state index in [1.165, 1.54) is 5.41 Å². The Labute approximate surface area is 118 Å². The van der Waals surface area contributed by atoms with Gasteiger partial charge in [-0.1, -0.05) is 11.2 Å². The molecule has 106 valence electrons. The number of fused-ring (bicyclic) bond motifs is 1. The van der Waals surface area contributed by atoms with Gasteiger partial charge in [0.1, 0.15) is 18.1 Å². The molecule has 2 N–H and O–H groups in total. The van der Waals surface area contributed by atoms with Crippen LogP contribution >= 0.6 is 10.6 Å². The fraction of sp³-hybridized carbons (Fsp3) is 0.214. The van der Waals surface area contributed by atoms with E-state index in [0.717, 1.165) is 22.6 Å². The summed E-state index contributed by atoms with van der Waals surface area (Å²) in [6.07, 6.45) is 1.69. The molecule has 0 atom stereocenters. The minimum Gasteiger partial charge on any atom is -0.488 e. The number of nitrogens with zero attached hydrogens (tertiary/aromatic N) is 1. The van der Waals surface area contributed by atoms with Crippen LogP contribution in [0.2, 0.25) is 0 Å². The number of benzene rings is 1. The van der Waals surface area contributed by atoms with Crippen molar-refractivity contribution in [1.29, 1.82) is 0 Å². The van der Waals surface area contributed by atoms with Gasteiger partial charge in [0, 0.05) is 11.0 Å². The summed E-state index contributed by atoms with van der Waals surface area (Å²) in [5, 5.41) is 5.30. The van der Waals surface area contributed by atoms with Gasteiger partial charge in [0.15, 0.2) is 0 Å². The van der Waals surface area contributed by atoms with E-state index < -0.39 is 10.6 Å². The highest BCUT2D eigenvalue weighted by Crippen LogP contribution is 2.57. The minimum atomic E-state index is -2.81. The van der Waals surface area contributed by atoms with E-state index in [0.29, 0.717) is 17.3 Å². The Bertz CT molecular complexity index is 671. The third-order valence-corrected chi connectivity index (χ3v) is 4.85. The van der Waals surface area contributed by atoms with Crippen molar-refractivity contribution in [3.05, 3.63) is 46.2 Å². The Morgan fingerprint density at radius 1 is 1.30 bits per heavy atom. The maximum atomic E-state index is 9.88. The third-order valence-electron chi connectivity index (χ3n) is 3.33. The molecule has 2 aromatic rings. The average Bonchev–Trinajstić information content (AvgIpc) is 2.89. The molecular formula is C14H15NO4S. The fourth-order valence-corrected chi connectivity index (χ4v) is 3.41. The highest BCUT2D eigenvalue weighted by atomic mass is 32.3. The molecule has 1 aliphatic heterocycles. The highest BCUT2D eigenvalue weighted by Gasteiger charge is 2.24. The molecule has 1 aromatic heterocycles. The van der Waals surface area contributed by atoms with Crippen molar-refractivity contribution in [2.75, 3.05) is 0 Å². The van der Waals surface area contributed by atoms with Gasteiger partial charge in [0.05, 0.1) is 16.2 Å². The second-order valence-corrected chi connectivity index (χ2v) is 6.55. The number of hydrogen-bond donors (Lipinski definition) is 2. The quantitative estimate of drug-likeness (QED) is 0.895. The van der Waals surface area contributed by atoms with Gasteiger partial charge in [-0.3, -0.25) is 9.11 Å². The van der Waals surface area contributed by atoms with Crippen LogP contribution in [-0.4, -0.2) is 14.3 Å². The summed E-state index contributed by atoms with van der Waals surface area (Å²) in [7, 11) is -2.81. The monoisotopic (exact) mass is 293 g/mol. The first-order chi connectivity index (χ1) is 9.49. The predicted molar refractivity (Wildman–Crippen MR) is 76.9 cm³/mol. The molecule has 3 rings (SSSR count). The second kappa shape index (κ2) is 4.66. The standard InChI is InChI=1S/C14H15NO4S/c1-9-12(10(2)19-15-9)8-18-13-4-3-5-14-11(13)6-7-20(14,16)17/h3-7,16-17H,8H2,1-2H3. The Hall–Kier alpha value is -1.76. The van der Waals surface area contributed by atoms with E-state index >= 15 is 0 Å². The first kappa shape index (κ1) is 13.2. The first-order valence-electron chi connectivity index (χ1n) is 6.13. The summed E-state index contributed by atoms with van der Waals surface area (Å²) in [5.41, 5.74) is 2.44. The highest BCUT2D eigenvalue weighted by molar-refractivity contribution is 8.27. The molecular weight excluding hydrogens is 278 g/mol. The Balaban J connectivity index is 1.87. The van der Waals surface area contributed by atoms with Crippen molar-refractivity contribution in [3.8, 4) is 5.75 Å². The normalized spacial score (nSPS) is 17.0. The number of ether oxygens (including phenoxy) is 1. The van der Waals surface area contributed by atoms with E-state index in [9.17, 15) is 9.11 Å². The maximum absolute atomic E-state index is 9.88.